The van der Waals surface area contributed by atoms with Crippen LogP contribution in [0.2, 0.25) is 0 Å². The van der Waals surface area contributed by atoms with Gasteiger partial charge in [-0.3, -0.25) is 9.59 Å². The predicted octanol–water partition coefficient (Wildman–Crippen LogP) is 2.34. The third-order valence-corrected chi connectivity index (χ3v) is 5.75. The standard InChI is InChI=1S/C16H19NO3S/c1-16(15(19)20)7-8-17(10-16)14(18)13-12-5-3-2-4-11(12)6-9-21-13/h2-5,13H,6-10H2,1H3,(H,19,20)/t13-,16-/m1/s1. The number of hydrogen-bond donors (Lipinski definition) is 1. The van der Waals surface area contributed by atoms with Gasteiger partial charge in [0.05, 0.1) is 5.41 Å². The van der Waals surface area contributed by atoms with Crippen molar-refractivity contribution in [2.45, 2.75) is 25.0 Å². The van der Waals surface area contributed by atoms with Gasteiger partial charge < -0.3 is 10.0 Å². The summed E-state index contributed by atoms with van der Waals surface area (Å²) in [6.07, 6.45) is 1.53. The van der Waals surface area contributed by atoms with Crippen molar-refractivity contribution in [2.24, 2.45) is 5.41 Å². The molecule has 1 saturated heterocycles. The lowest BCUT2D eigenvalue weighted by molar-refractivity contribution is -0.147. The molecule has 0 unspecified atom stereocenters. The van der Waals surface area contributed by atoms with E-state index in [4.69, 9.17) is 0 Å². The van der Waals surface area contributed by atoms with E-state index < -0.39 is 11.4 Å². The van der Waals surface area contributed by atoms with Gasteiger partial charge in [-0.25, -0.2) is 0 Å². The van der Waals surface area contributed by atoms with Crippen molar-refractivity contribution < 1.29 is 14.7 Å². The molecule has 0 aromatic heterocycles. The van der Waals surface area contributed by atoms with Gasteiger partial charge in [0.2, 0.25) is 5.91 Å². The molecule has 0 aliphatic carbocycles. The smallest absolute Gasteiger partial charge is 0.311 e. The Labute approximate surface area is 128 Å². The second-order valence-electron chi connectivity index (χ2n) is 6.08. The maximum absolute atomic E-state index is 12.8. The Hall–Kier alpha value is -1.49. The Morgan fingerprint density at radius 2 is 2.14 bits per heavy atom. The molecular formula is C16H19NO3S. The van der Waals surface area contributed by atoms with E-state index in [0.717, 1.165) is 17.7 Å². The summed E-state index contributed by atoms with van der Waals surface area (Å²) in [7, 11) is 0. The van der Waals surface area contributed by atoms with Crippen molar-refractivity contribution in [3.05, 3.63) is 35.4 Å². The van der Waals surface area contributed by atoms with E-state index in [1.54, 1.807) is 23.6 Å². The number of nitrogens with zero attached hydrogens (tertiary/aromatic N) is 1. The van der Waals surface area contributed by atoms with Gasteiger partial charge in [-0.05, 0) is 36.6 Å². The first kappa shape index (κ1) is 14.4. The molecule has 1 amide bonds. The zero-order valence-electron chi connectivity index (χ0n) is 12.0. The first-order chi connectivity index (χ1) is 10.0. The average Bonchev–Trinajstić information content (AvgIpc) is 2.90. The van der Waals surface area contributed by atoms with E-state index in [1.807, 2.05) is 18.2 Å². The Morgan fingerprint density at radius 1 is 1.38 bits per heavy atom. The number of carbonyl (C=O) groups is 2. The molecule has 3 rings (SSSR count). The van der Waals surface area contributed by atoms with Crippen molar-refractivity contribution in [1.29, 1.82) is 0 Å². The number of likely N-dealkylation sites (tertiary alicyclic amines) is 1. The molecule has 4 nitrogen and oxygen atoms in total. The maximum atomic E-state index is 12.8. The summed E-state index contributed by atoms with van der Waals surface area (Å²) >= 11 is 1.67. The summed E-state index contributed by atoms with van der Waals surface area (Å²) in [5.41, 5.74) is 1.55. The number of benzene rings is 1. The number of carboxylic acids is 1. The van der Waals surface area contributed by atoms with Crippen LogP contribution in [0.5, 0.6) is 0 Å². The molecule has 2 atom stereocenters. The number of thioether (sulfide) groups is 1. The van der Waals surface area contributed by atoms with Crippen LogP contribution in [0, 0.1) is 5.41 Å². The highest BCUT2D eigenvalue weighted by molar-refractivity contribution is 8.00. The number of hydrogen-bond acceptors (Lipinski definition) is 3. The SMILES string of the molecule is C[C@@]1(C(=O)O)CCN(C(=O)[C@@H]2SCCc3ccccc32)C1. The zero-order chi connectivity index (χ0) is 15.0. The van der Waals surface area contributed by atoms with Gasteiger partial charge in [0, 0.05) is 13.1 Å². The minimum absolute atomic E-state index is 0.0668. The largest absolute Gasteiger partial charge is 0.481 e. The molecule has 2 aliphatic rings. The van der Waals surface area contributed by atoms with Crippen LogP contribution in [0.25, 0.3) is 0 Å². The van der Waals surface area contributed by atoms with Gasteiger partial charge in [0.25, 0.3) is 0 Å². The van der Waals surface area contributed by atoms with Crippen LogP contribution in [0.3, 0.4) is 0 Å². The quantitative estimate of drug-likeness (QED) is 0.911. The molecule has 2 aliphatic heterocycles. The van der Waals surface area contributed by atoms with Crippen molar-refractivity contribution in [3.63, 3.8) is 0 Å². The van der Waals surface area contributed by atoms with Crippen molar-refractivity contribution in [2.75, 3.05) is 18.8 Å². The Balaban J connectivity index is 1.80. The third kappa shape index (κ3) is 2.55. The number of amides is 1. The molecule has 0 radical (unpaired) electrons. The fourth-order valence-corrected chi connectivity index (χ4v) is 4.36. The molecule has 2 heterocycles. The number of fused-ring (bicyclic) bond motifs is 1. The topological polar surface area (TPSA) is 57.6 Å². The molecule has 5 heteroatoms. The van der Waals surface area contributed by atoms with Crippen molar-refractivity contribution in [3.8, 4) is 0 Å². The monoisotopic (exact) mass is 305 g/mol. The summed E-state index contributed by atoms with van der Waals surface area (Å²) in [4.78, 5) is 25.8. The highest BCUT2D eigenvalue weighted by Crippen LogP contribution is 2.40. The van der Waals surface area contributed by atoms with Crippen molar-refractivity contribution >= 4 is 23.6 Å². The molecule has 1 aromatic carbocycles. The highest BCUT2D eigenvalue weighted by atomic mass is 32.2. The summed E-state index contributed by atoms with van der Waals surface area (Å²) in [5, 5.41) is 9.12. The van der Waals surface area contributed by atoms with Gasteiger partial charge in [0.1, 0.15) is 5.25 Å². The first-order valence-electron chi connectivity index (χ1n) is 7.23. The van der Waals surface area contributed by atoms with Crippen LogP contribution in [0.15, 0.2) is 24.3 Å². The van der Waals surface area contributed by atoms with Crippen LogP contribution in [0.1, 0.15) is 29.7 Å². The lowest BCUT2D eigenvalue weighted by atomic mass is 9.90. The minimum atomic E-state index is -0.811. The minimum Gasteiger partial charge on any atom is -0.481 e. The van der Waals surface area contributed by atoms with Crippen LogP contribution in [-0.4, -0.2) is 40.7 Å². The van der Waals surface area contributed by atoms with Crippen LogP contribution < -0.4 is 0 Å². The molecule has 0 bridgehead atoms. The second-order valence-corrected chi connectivity index (χ2v) is 7.29. The molecule has 0 saturated carbocycles. The van der Waals surface area contributed by atoms with Crippen LogP contribution in [0.4, 0.5) is 0 Å². The fourth-order valence-electron chi connectivity index (χ4n) is 3.09. The van der Waals surface area contributed by atoms with E-state index in [9.17, 15) is 14.7 Å². The van der Waals surface area contributed by atoms with E-state index in [0.29, 0.717) is 19.5 Å². The van der Waals surface area contributed by atoms with Crippen LogP contribution >= 0.6 is 11.8 Å². The highest BCUT2D eigenvalue weighted by Gasteiger charge is 2.44. The van der Waals surface area contributed by atoms with Gasteiger partial charge in [0.15, 0.2) is 0 Å². The summed E-state index contributed by atoms with van der Waals surface area (Å²) in [5.74, 6) is 0.198. The maximum Gasteiger partial charge on any atom is 0.311 e. The Kier molecular flexibility index (Phi) is 3.69. The van der Waals surface area contributed by atoms with Crippen molar-refractivity contribution in [1.82, 2.24) is 4.90 Å². The normalized spacial score (nSPS) is 28.2. The Bertz CT molecular complexity index is 589. The van der Waals surface area contributed by atoms with Gasteiger partial charge in [-0.15, -0.1) is 11.8 Å². The molecule has 1 N–H and O–H groups in total. The molecule has 21 heavy (non-hydrogen) atoms. The van der Waals surface area contributed by atoms with E-state index in [2.05, 4.69) is 6.07 Å². The molecule has 0 spiro atoms. The Morgan fingerprint density at radius 3 is 2.86 bits per heavy atom. The van der Waals surface area contributed by atoms with E-state index in [1.165, 1.54) is 5.56 Å². The number of rotatable bonds is 2. The number of carboxylic acid groups (broad SMARTS) is 1. The molecule has 1 aromatic rings. The number of aliphatic carboxylic acids is 1. The zero-order valence-corrected chi connectivity index (χ0v) is 12.9. The summed E-state index contributed by atoms with van der Waals surface area (Å²) < 4.78 is 0. The fraction of sp³-hybridized carbons (Fsp3) is 0.500. The number of aryl methyl sites for hydroxylation is 1. The number of carbonyl (C=O) groups excluding carboxylic acids is 1. The lowest BCUT2D eigenvalue weighted by Crippen LogP contribution is -2.37. The van der Waals surface area contributed by atoms with E-state index >= 15 is 0 Å². The molecule has 1 fully saturated rings. The molecule has 112 valence electrons. The lowest BCUT2D eigenvalue weighted by Gasteiger charge is -2.28. The summed E-state index contributed by atoms with van der Waals surface area (Å²) in [6, 6.07) is 8.08. The van der Waals surface area contributed by atoms with E-state index in [-0.39, 0.29) is 11.2 Å². The second kappa shape index (κ2) is 5.37. The van der Waals surface area contributed by atoms with Gasteiger partial charge >= 0.3 is 5.97 Å². The average molecular weight is 305 g/mol. The third-order valence-electron chi connectivity index (χ3n) is 4.52. The molecular weight excluding hydrogens is 286 g/mol. The first-order valence-corrected chi connectivity index (χ1v) is 8.28. The van der Waals surface area contributed by atoms with Crippen LogP contribution in [-0.2, 0) is 16.0 Å². The van der Waals surface area contributed by atoms with Gasteiger partial charge in [-0.2, -0.15) is 0 Å². The predicted molar refractivity (Wildman–Crippen MR) is 82.3 cm³/mol. The summed E-state index contributed by atoms with van der Waals surface area (Å²) in [6.45, 7) is 2.59. The van der Waals surface area contributed by atoms with Gasteiger partial charge in [-0.1, -0.05) is 24.3 Å².